The van der Waals surface area contributed by atoms with Crippen LogP contribution in [-0.4, -0.2) is 4.98 Å². The van der Waals surface area contributed by atoms with Crippen LogP contribution in [0.4, 0.5) is 13.2 Å². The summed E-state index contributed by atoms with van der Waals surface area (Å²) in [6.45, 7) is 3.50. The van der Waals surface area contributed by atoms with Gasteiger partial charge in [0.05, 0.1) is 5.69 Å². The second-order valence-corrected chi connectivity index (χ2v) is 4.54. The van der Waals surface area contributed by atoms with Crippen LogP contribution in [0.25, 0.3) is 6.08 Å². The SMILES string of the molecule is C=C/C=C/c1cc(Cc2ccccc2)cc(C(F)(F)F)n1. The van der Waals surface area contributed by atoms with E-state index in [-0.39, 0.29) is 5.69 Å². The molecule has 1 aromatic carbocycles. The third-order valence-corrected chi connectivity index (χ3v) is 2.85. The van der Waals surface area contributed by atoms with Gasteiger partial charge in [-0.25, -0.2) is 4.98 Å². The van der Waals surface area contributed by atoms with Crippen LogP contribution >= 0.6 is 0 Å². The molecule has 0 saturated heterocycles. The number of pyridine rings is 1. The monoisotopic (exact) mass is 289 g/mol. The number of rotatable bonds is 4. The van der Waals surface area contributed by atoms with Crippen molar-refractivity contribution in [3.8, 4) is 0 Å². The third kappa shape index (κ3) is 4.31. The molecule has 21 heavy (non-hydrogen) atoms. The summed E-state index contributed by atoms with van der Waals surface area (Å²) in [5, 5.41) is 0. The van der Waals surface area contributed by atoms with Crippen LogP contribution in [0.15, 0.2) is 61.2 Å². The molecule has 2 aromatic rings. The lowest BCUT2D eigenvalue weighted by molar-refractivity contribution is -0.141. The minimum Gasteiger partial charge on any atom is -0.244 e. The Kier molecular flexibility index (Phi) is 4.58. The summed E-state index contributed by atoms with van der Waals surface area (Å²) in [7, 11) is 0. The van der Waals surface area contributed by atoms with Crippen molar-refractivity contribution in [2.75, 3.05) is 0 Å². The van der Waals surface area contributed by atoms with Gasteiger partial charge >= 0.3 is 6.18 Å². The zero-order valence-electron chi connectivity index (χ0n) is 11.3. The Morgan fingerprint density at radius 1 is 1.05 bits per heavy atom. The molecule has 0 bridgehead atoms. The zero-order valence-corrected chi connectivity index (χ0v) is 11.3. The highest BCUT2D eigenvalue weighted by Gasteiger charge is 2.33. The summed E-state index contributed by atoms with van der Waals surface area (Å²) in [6, 6.07) is 12.1. The Balaban J connectivity index is 2.40. The Morgan fingerprint density at radius 3 is 2.38 bits per heavy atom. The van der Waals surface area contributed by atoms with Gasteiger partial charge in [0, 0.05) is 0 Å². The molecule has 0 spiro atoms. The number of nitrogens with zero attached hydrogens (tertiary/aromatic N) is 1. The predicted octanol–water partition coefficient (Wildman–Crippen LogP) is 4.89. The van der Waals surface area contributed by atoms with Gasteiger partial charge in [-0.05, 0) is 35.8 Å². The molecular weight excluding hydrogens is 275 g/mol. The first kappa shape index (κ1) is 15.0. The van der Waals surface area contributed by atoms with Gasteiger partial charge in [0.25, 0.3) is 0 Å². The molecule has 0 N–H and O–H groups in total. The number of hydrogen-bond acceptors (Lipinski definition) is 1. The quantitative estimate of drug-likeness (QED) is 0.730. The van der Waals surface area contributed by atoms with Gasteiger partial charge in [0.1, 0.15) is 5.69 Å². The van der Waals surface area contributed by atoms with Gasteiger partial charge in [-0.15, -0.1) is 0 Å². The zero-order chi connectivity index (χ0) is 15.3. The summed E-state index contributed by atoms with van der Waals surface area (Å²) in [5.41, 5.74) is 0.929. The maximum absolute atomic E-state index is 12.9. The average Bonchev–Trinajstić information content (AvgIpc) is 2.45. The number of aromatic nitrogens is 1. The summed E-state index contributed by atoms with van der Waals surface area (Å²) >= 11 is 0. The van der Waals surface area contributed by atoms with Crippen molar-refractivity contribution in [1.29, 1.82) is 0 Å². The fraction of sp³-hybridized carbons (Fsp3) is 0.118. The third-order valence-electron chi connectivity index (χ3n) is 2.85. The molecule has 0 saturated carbocycles. The summed E-state index contributed by atoms with van der Waals surface area (Å²) in [4.78, 5) is 3.62. The van der Waals surface area contributed by atoms with Gasteiger partial charge < -0.3 is 0 Å². The highest BCUT2D eigenvalue weighted by atomic mass is 19.4. The average molecular weight is 289 g/mol. The number of allylic oxidation sites excluding steroid dienone is 2. The lowest BCUT2D eigenvalue weighted by Gasteiger charge is -2.10. The van der Waals surface area contributed by atoms with Crippen molar-refractivity contribution in [1.82, 2.24) is 4.98 Å². The molecule has 0 radical (unpaired) electrons. The summed E-state index contributed by atoms with van der Waals surface area (Å²) in [5.74, 6) is 0. The second-order valence-electron chi connectivity index (χ2n) is 4.54. The second kappa shape index (κ2) is 6.39. The molecule has 0 aliphatic heterocycles. The van der Waals surface area contributed by atoms with Crippen LogP contribution < -0.4 is 0 Å². The first-order chi connectivity index (χ1) is 9.99. The van der Waals surface area contributed by atoms with Crippen molar-refractivity contribution in [2.45, 2.75) is 12.6 Å². The lowest BCUT2D eigenvalue weighted by Crippen LogP contribution is -2.09. The molecule has 4 heteroatoms. The predicted molar refractivity (Wildman–Crippen MR) is 77.7 cm³/mol. The van der Waals surface area contributed by atoms with E-state index in [2.05, 4.69) is 11.6 Å². The minimum absolute atomic E-state index is 0.274. The van der Waals surface area contributed by atoms with E-state index in [0.29, 0.717) is 12.0 Å². The Labute approximate surface area is 121 Å². The molecule has 0 fully saturated rings. The van der Waals surface area contributed by atoms with Crippen molar-refractivity contribution in [3.63, 3.8) is 0 Å². The highest BCUT2D eigenvalue weighted by molar-refractivity contribution is 5.49. The van der Waals surface area contributed by atoms with E-state index < -0.39 is 11.9 Å². The van der Waals surface area contributed by atoms with Crippen LogP contribution in [-0.2, 0) is 12.6 Å². The fourth-order valence-corrected chi connectivity index (χ4v) is 1.94. The first-order valence-corrected chi connectivity index (χ1v) is 6.40. The van der Waals surface area contributed by atoms with Gasteiger partial charge in [-0.2, -0.15) is 13.2 Å². The number of benzene rings is 1. The molecule has 0 unspecified atom stereocenters. The molecular formula is C17H14F3N. The minimum atomic E-state index is -4.45. The molecule has 1 nitrogen and oxygen atoms in total. The maximum atomic E-state index is 12.9. The molecule has 0 atom stereocenters. The van der Waals surface area contributed by atoms with Crippen LogP contribution in [0, 0.1) is 0 Å². The molecule has 0 amide bonds. The van der Waals surface area contributed by atoms with E-state index in [1.165, 1.54) is 12.2 Å². The van der Waals surface area contributed by atoms with Crippen molar-refractivity contribution < 1.29 is 13.2 Å². The van der Waals surface area contributed by atoms with E-state index in [0.717, 1.165) is 11.6 Å². The standard InChI is InChI=1S/C17H14F3N/c1-2-3-9-15-11-14(10-13-7-5-4-6-8-13)12-16(21-15)17(18,19)20/h2-9,11-12H,1,10H2/b9-3+. The molecule has 108 valence electrons. The largest absolute Gasteiger partial charge is 0.433 e. The first-order valence-electron chi connectivity index (χ1n) is 6.40. The van der Waals surface area contributed by atoms with Crippen LogP contribution in [0.2, 0.25) is 0 Å². The highest BCUT2D eigenvalue weighted by Crippen LogP contribution is 2.29. The van der Waals surface area contributed by atoms with Crippen LogP contribution in [0.1, 0.15) is 22.5 Å². The van der Waals surface area contributed by atoms with Crippen LogP contribution in [0.5, 0.6) is 0 Å². The van der Waals surface area contributed by atoms with Gasteiger partial charge in [0.2, 0.25) is 0 Å². The summed E-state index contributed by atoms with van der Waals surface area (Å²) < 4.78 is 38.7. The van der Waals surface area contributed by atoms with E-state index >= 15 is 0 Å². The van der Waals surface area contributed by atoms with E-state index in [9.17, 15) is 13.2 Å². The molecule has 2 rings (SSSR count). The van der Waals surface area contributed by atoms with Crippen molar-refractivity contribution in [2.24, 2.45) is 0 Å². The molecule has 1 aromatic heterocycles. The van der Waals surface area contributed by atoms with Gasteiger partial charge in [-0.1, -0.05) is 49.1 Å². The smallest absolute Gasteiger partial charge is 0.244 e. The number of alkyl halides is 3. The lowest BCUT2D eigenvalue weighted by atomic mass is 10.0. The molecule has 0 aliphatic rings. The maximum Gasteiger partial charge on any atom is 0.433 e. The van der Waals surface area contributed by atoms with E-state index in [1.807, 2.05) is 30.3 Å². The van der Waals surface area contributed by atoms with Gasteiger partial charge in [0.15, 0.2) is 0 Å². The fourth-order valence-electron chi connectivity index (χ4n) is 1.94. The summed E-state index contributed by atoms with van der Waals surface area (Å²) in [6.07, 6.45) is 0.551. The van der Waals surface area contributed by atoms with E-state index in [1.54, 1.807) is 12.1 Å². The van der Waals surface area contributed by atoms with E-state index in [4.69, 9.17) is 0 Å². The topological polar surface area (TPSA) is 12.9 Å². The van der Waals surface area contributed by atoms with Crippen molar-refractivity contribution >= 4 is 6.08 Å². The van der Waals surface area contributed by atoms with Crippen LogP contribution in [0.3, 0.4) is 0 Å². The Hall–Kier alpha value is -2.36. The molecule has 0 aliphatic carbocycles. The van der Waals surface area contributed by atoms with Gasteiger partial charge in [-0.3, -0.25) is 0 Å². The number of halogens is 3. The normalized spacial score (nSPS) is 11.8. The Bertz CT molecular complexity index is 643. The molecule has 1 heterocycles. The van der Waals surface area contributed by atoms with Crippen molar-refractivity contribution in [3.05, 3.63) is 83.7 Å². The number of hydrogen-bond donors (Lipinski definition) is 0. The Morgan fingerprint density at radius 2 is 1.76 bits per heavy atom.